The molecule has 6 heteroatoms. The van der Waals surface area contributed by atoms with E-state index >= 15 is 0 Å². The van der Waals surface area contributed by atoms with Gasteiger partial charge in [0.05, 0.1) is 10.5 Å². The molecule has 1 atom stereocenters. The smallest absolute Gasteiger partial charge is 0.231 e. The molecule has 0 saturated heterocycles. The van der Waals surface area contributed by atoms with Crippen LogP contribution in [0.3, 0.4) is 0 Å². The molecule has 18 heavy (non-hydrogen) atoms. The Morgan fingerprint density at radius 1 is 1.44 bits per heavy atom. The van der Waals surface area contributed by atoms with E-state index < -0.39 is 0 Å². The van der Waals surface area contributed by atoms with Gasteiger partial charge in [-0.15, -0.1) is 11.3 Å². The van der Waals surface area contributed by atoms with Crippen molar-refractivity contribution in [1.29, 1.82) is 0 Å². The van der Waals surface area contributed by atoms with E-state index in [0.717, 1.165) is 26.5 Å². The van der Waals surface area contributed by atoms with Crippen LogP contribution in [0.4, 0.5) is 0 Å². The predicted octanol–water partition coefficient (Wildman–Crippen LogP) is 2.94. The number of rotatable bonds is 3. The lowest BCUT2D eigenvalue weighted by atomic mass is 10.1. The lowest BCUT2D eigenvalue weighted by Gasteiger charge is -2.15. The number of benzene rings is 1. The molecule has 1 aromatic carbocycles. The second kappa shape index (κ2) is 4.87. The molecule has 0 spiro atoms. The molecular formula is C12H11BrN2O2S. The molecule has 0 aliphatic carbocycles. The largest absolute Gasteiger partial charge is 0.454 e. The van der Waals surface area contributed by atoms with Crippen LogP contribution in [-0.4, -0.2) is 18.8 Å². The maximum absolute atomic E-state index is 5.43. The van der Waals surface area contributed by atoms with E-state index in [9.17, 15) is 0 Å². The first-order valence-electron chi connectivity index (χ1n) is 5.45. The molecule has 0 fully saturated rings. The summed E-state index contributed by atoms with van der Waals surface area (Å²) in [6.45, 7) is 0.277. The number of thiazole rings is 1. The molecule has 2 aromatic rings. The Bertz CT molecular complexity index is 559. The van der Waals surface area contributed by atoms with Crippen LogP contribution in [0.5, 0.6) is 11.5 Å². The van der Waals surface area contributed by atoms with Crippen molar-refractivity contribution in [3.63, 3.8) is 0 Å². The van der Waals surface area contributed by atoms with Crippen molar-refractivity contribution in [2.75, 3.05) is 13.8 Å². The third-order valence-corrected chi connectivity index (χ3v) is 4.20. The molecule has 3 rings (SSSR count). The molecule has 0 bridgehead atoms. The van der Waals surface area contributed by atoms with Crippen molar-refractivity contribution in [3.8, 4) is 11.5 Å². The zero-order chi connectivity index (χ0) is 12.5. The van der Waals surface area contributed by atoms with Crippen LogP contribution in [0.1, 0.15) is 16.6 Å². The van der Waals surface area contributed by atoms with Crippen molar-refractivity contribution >= 4 is 27.3 Å². The van der Waals surface area contributed by atoms with Crippen LogP contribution in [0.25, 0.3) is 0 Å². The lowest BCUT2D eigenvalue weighted by Crippen LogP contribution is -2.17. The highest BCUT2D eigenvalue weighted by molar-refractivity contribution is 9.10. The molecule has 0 radical (unpaired) electrons. The fraction of sp³-hybridized carbons (Fsp3) is 0.250. The van der Waals surface area contributed by atoms with E-state index in [1.807, 2.05) is 30.8 Å². The summed E-state index contributed by atoms with van der Waals surface area (Å²) in [4.78, 5) is 4.36. The van der Waals surface area contributed by atoms with E-state index in [1.54, 1.807) is 11.3 Å². The average molecular weight is 327 g/mol. The van der Waals surface area contributed by atoms with Gasteiger partial charge in [-0.05, 0) is 40.7 Å². The van der Waals surface area contributed by atoms with Crippen LogP contribution in [0.2, 0.25) is 0 Å². The number of ether oxygens (including phenoxy) is 2. The zero-order valence-electron chi connectivity index (χ0n) is 9.64. The number of hydrogen-bond donors (Lipinski definition) is 1. The summed E-state index contributed by atoms with van der Waals surface area (Å²) in [6.07, 6.45) is 1.81. The van der Waals surface area contributed by atoms with Gasteiger partial charge >= 0.3 is 0 Å². The monoisotopic (exact) mass is 326 g/mol. The summed E-state index contributed by atoms with van der Waals surface area (Å²) in [5, 5.41) is 6.27. The first kappa shape index (κ1) is 12.0. The fourth-order valence-corrected chi connectivity index (χ4v) is 3.31. The highest BCUT2D eigenvalue weighted by Gasteiger charge is 2.22. The van der Waals surface area contributed by atoms with Gasteiger partial charge in [-0.2, -0.15) is 0 Å². The topological polar surface area (TPSA) is 43.4 Å². The Morgan fingerprint density at radius 3 is 3.06 bits per heavy atom. The summed E-state index contributed by atoms with van der Waals surface area (Å²) in [6, 6.07) is 4.10. The molecule has 1 aliphatic rings. The summed E-state index contributed by atoms with van der Waals surface area (Å²) >= 11 is 5.14. The average Bonchev–Trinajstić information content (AvgIpc) is 3.00. The Balaban J connectivity index is 2.03. The molecule has 1 aliphatic heterocycles. The van der Waals surface area contributed by atoms with Gasteiger partial charge in [0.25, 0.3) is 0 Å². The standard InChI is InChI=1S/C12H11BrN2O2S/c1-14-10(12-15-2-3-18-12)7-4-8(13)11-9(5-7)16-6-17-11/h2-5,10,14H,6H2,1H3. The Morgan fingerprint density at radius 2 is 2.33 bits per heavy atom. The van der Waals surface area contributed by atoms with Gasteiger partial charge in [0.1, 0.15) is 5.01 Å². The van der Waals surface area contributed by atoms with Gasteiger partial charge in [-0.25, -0.2) is 4.98 Å². The van der Waals surface area contributed by atoms with E-state index in [0.29, 0.717) is 0 Å². The number of hydrogen-bond acceptors (Lipinski definition) is 5. The molecule has 94 valence electrons. The van der Waals surface area contributed by atoms with Gasteiger partial charge in [-0.3, -0.25) is 0 Å². The van der Waals surface area contributed by atoms with Gasteiger partial charge in [0, 0.05) is 11.6 Å². The van der Waals surface area contributed by atoms with Crippen LogP contribution >= 0.6 is 27.3 Å². The number of nitrogens with zero attached hydrogens (tertiary/aromatic N) is 1. The van der Waals surface area contributed by atoms with E-state index in [1.165, 1.54) is 0 Å². The Labute approximate surface area is 117 Å². The third kappa shape index (κ3) is 2.00. The van der Waals surface area contributed by atoms with Crippen molar-refractivity contribution in [2.24, 2.45) is 0 Å². The van der Waals surface area contributed by atoms with Gasteiger partial charge in [0.15, 0.2) is 11.5 Å². The van der Waals surface area contributed by atoms with E-state index in [-0.39, 0.29) is 12.8 Å². The predicted molar refractivity (Wildman–Crippen MR) is 73.3 cm³/mol. The molecule has 1 unspecified atom stereocenters. The minimum Gasteiger partial charge on any atom is -0.454 e. The van der Waals surface area contributed by atoms with E-state index in [2.05, 4.69) is 26.2 Å². The van der Waals surface area contributed by atoms with Crippen molar-refractivity contribution < 1.29 is 9.47 Å². The van der Waals surface area contributed by atoms with Crippen molar-refractivity contribution in [1.82, 2.24) is 10.3 Å². The summed E-state index contributed by atoms with van der Waals surface area (Å²) in [5.74, 6) is 1.55. The maximum atomic E-state index is 5.43. The molecule has 0 saturated carbocycles. The highest BCUT2D eigenvalue weighted by atomic mass is 79.9. The second-order valence-corrected chi connectivity index (χ2v) is 5.61. The SMILES string of the molecule is CNC(c1cc(Br)c2c(c1)OCO2)c1nccs1. The number of halogens is 1. The van der Waals surface area contributed by atoms with Gasteiger partial charge in [0.2, 0.25) is 6.79 Å². The molecular weight excluding hydrogens is 316 g/mol. The van der Waals surface area contributed by atoms with Crippen LogP contribution < -0.4 is 14.8 Å². The summed E-state index contributed by atoms with van der Waals surface area (Å²) in [7, 11) is 1.92. The molecule has 2 heterocycles. The molecule has 1 N–H and O–H groups in total. The summed E-state index contributed by atoms with van der Waals surface area (Å²) in [5.41, 5.74) is 1.10. The number of nitrogens with one attached hydrogen (secondary N) is 1. The lowest BCUT2D eigenvalue weighted by molar-refractivity contribution is 0.173. The first-order valence-corrected chi connectivity index (χ1v) is 7.12. The highest BCUT2D eigenvalue weighted by Crippen LogP contribution is 2.42. The van der Waals surface area contributed by atoms with Crippen molar-refractivity contribution in [2.45, 2.75) is 6.04 Å². The first-order chi connectivity index (χ1) is 8.79. The van der Waals surface area contributed by atoms with Gasteiger partial charge < -0.3 is 14.8 Å². The zero-order valence-corrected chi connectivity index (χ0v) is 12.0. The summed E-state index contributed by atoms with van der Waals surface area (Å²) < 4.78 is 11.7. The molecule has 4 nitrogen and oxygen atoms in total. The van der Waals surface area contributed by atoms with Crippen molar-refractivity contribution in [3.05, 3.63) is 38.8 Å². The third-order valence-electron chi connectivity index (χ3n) is 2.77. The second-order valence-electron chi connectivity index (χ2n) is 3.83. The fourth-order valence-electron chi connectivity index (χ4n) is 1.96. The normalized spacial score (nSPS) is 14.8. The molecule has 1 aromatic heterocycles. The van der Waals surface area contributed by atoms with Crippen LogP contribution in [-0.2, 0) is 0 Å². The van der Waals surface area contributed by atoms with Gasteiger partial charge in [-0.1, -0.05) is 0 Å². The molecule has 0 amide bonds. The Kier molecular flexibility index (Phi) is 3.23. The van der Waals surface area contributed by atoms with Crippen LogP contribution in [0, 0.1) is 0 Å². The quantitative estimate of drug-likeness (QED) is 0.941. The Hall–Kier alpha value is -1.11. The number of fused-ring (bicyclic) bond motifs is 1. The minimum absolute atomic E-state index is 0.0656. The minimum atomic E-state index is 0.0656. The van der Waals surface area contributed by atoms with E-state index in [4.69, 9.17) is 9.47 Å². The maximum Gasteiger partial charge on any atom is 0.231 e. The van der Waals surface area contributed by atoms with Crippen LogP contribution in [0.15, 0.2) is 28.2 Å². The number of aromatic nitrogens is 1.